The second-order valence-electron chi connectivity index (χ2n) is 10.4. The zero-order valence-electron chi connectivity index (χ0n) is 18.3. The molecule has 4 nitrogen and oxygen atoms in total. The lowest BCUT2D eigenvalue weighted by Gasteiger charge is -2.54. The van der Waals surface area contributed by atoms with Gasteiger partial charge in [0.15, 0.2) is 0 Å². The molecule has 2 aromatic rings. The molecule has 2 spiro atoms. The van der Waals surface area contributed by atoms with Gasteiger partial charge in [-0.3, -0.25) is 4.79 Å². The molecule has 1 unspecified atom stereocenters. The maximum absolute atomic E-state index is 13.9. The van der Waals surface area contributed by atoms with Gasteiger partial charge in [0.05, 0.1) is 9.77 Å². The van der Waals surface area contributed by atoms with E-state index in [0.717, 1.165) is 24.3 Å². The van der Waals surface area contributed by atoms with E-state index in [-0.39, 0.29) is 18.7 Å². The van der Waals surface area contributed by atoms with E-state index in [1.54, 1.807) is 17.0 Å². The summed E-state index contributed by atoms with van der Waals surface area (Å²) in [4.78, 5) is 16.4. The van der Waals surface area contributed by atoms with Gasteiger partial charge in [-0.1, -0.05) is 24.0 Å². The van der Waals surface area contributed by atoms with Crippen LogP contribution in [0.5, 0.6) is 0 Å². The molecule has 2 saturated carbocycles. The molecular formula is C24H25BF2N2O2S2. The molecule has 33 heavy (non-hydrogen) atoms. The largest absolute Gasteiger partial charge is 0.306 e. The zero-order valence-corrected chi connectivity index (χ0v) is 20.0. The Kier molecular flexibility index (Phi) is 4.96. The first-order valence-electron chi connectivity index (χ1n) is 11.5. The minimum Gasteiger partial charge on any atom is -0.306 e. The average molecular weight is 486 g/mol. The number of thiophene rings is 1. The van der Waals surface area contributed by atoms with Crippen molar-refractivity contribution in [1.29, 1.82) is 0 Å². The van der Waals surface area contributed by atoms with Crippen LogP contribution in [0.1, 0.15) is 60.2 Å². The molecule has 1 aromatic carbocycles. The van der Waals surface area contributed by atoms with E-state index in [0.29, 0.717) is 40.0 Å². The van der Waals surface area contributed by atoms with Crippen LogP contribution in [-0.2, 0) is 16.4 Å². The molecule has 1 atom stereocenters. The predicted molar refractivity (Wildman–Crippen MR) is 127 cm³/mol. The van der Waals surface area contributed by atoms with Crippen molar-refractivity contribution in [3.8, 4) is 0 Å². The summed E-state index contributed by atoms with van der Waals surface area (Å²) in [6, 6.07) is 7.17. The number of carbonyl (C=O) groups excluding carboxylic acids is 1. The first-order valence-corrected chi connectivity index (χ1v) is 13.5. The molecule has 3 fully saturated rings. The molecule has 2 aliphatic heterocycles. The van der Waals surface area contributed by atoms with Gasteiger partial charge in [-0.25, -0.2) is 17.3 Å². The summed E-state index contributed by atoms with van der Waals surface area (Å²) in [5.41, 5.74) is 2.13. The Hall–Kier alpha value is -1.58. The molecule has 3 heterocycles. The minimum absolute atomic E-state index is 0.164. The van der Waals surface area contributed by atoms with Gasteiger partial charge in [0.1, 0.15) is 18.8 Å². The number of halogens is 2. The SMILES string of the molecule is [B]c1ccc2c(c1)C1(CCC(F)(F)CC1)CN2C(=O)c1cc(S(=O)N2CC3(CCC3)C2)cs1. The van der Waals surface area contributed by atoms with Gasteiger partial charge in [-0.2, -0.15) is 0 Å². The van der Waals surface area contributed by atoms with Crippen LogP contribution in [0.25, 0.3) is 0 Å². The fraction of sp³-hybridized carbons (Fsp3) is 0.542. The number of fused-ring (bicyclic) bond motifs is 2. The molecule has 1 aromatic heterocycles. The Bertz CT molecular complexity index is 1150. The number of amides is 1. The summed E-state index contributed by atoms with van der Waals surface area (Å²) in [5.74, 6) is -2.81. The number of rotatable bonds is 3. The fourth-order valence-corrected chi connectivity index (χ4v) is 8.57. The molecule has 2 radical (unpaired) electrons. The number of carbonyl (C=O) groups is 1. The molecule has 1 amide bonds. The van der Waals surface area contributed by atoms with Crippen molar-refractivity contribution in [3.63, 3.8) is 0 Å². The van der Waals surface area contributed by atoms with Gasteiger partial charge < -0.3 is 4.90 Å². The highest BCUT2D eigenvalue weighted by atomic mass is 32.2. The summed E-state index contributed by atoms with van der Waals surface area (Å²) >= 11 is 1.30. The van der Waals surface area contributed by atoms with E-state index in [2.05, 4.69) is 0 Å². The van der Waals surface area contributed by atoms with Crippen molar-refractivity contribution >= 4 is 47.2 Å². The van der Waals surface area contributed by atoms with Crippen molar-refractivity contribution in [1.82, 2.24) is 4.31 Å². The Morgan fingerprint density at radius 1 is 1.03 bits per heavy atom. The molecule has 6 rings (SSSR count). The quantitative estimate of drug-likeness (QED) is 0.612. The van der Waals surface area contributed by atoms with E-state index < -0.39 is 22.3 Å². The third-order valence-corrected chi connectivity index (χ3v) is 10.6. The van der Waals surface area contributed by atoms with Gasteiger partial charge >= 0.3 is 0 Å². The molecular weight excluding hydrogens is 461 g/mol. The van der Waals surface area contributed by atoms with Gasteiger partial charge in [-0.15, -0.1) is 11.3 Å². The second-order valence-corrected chi connectivity index (χ2v) is 12.7. The number of benzene rings is 1. The minimum atomic E-state index is -2.65. The number of anilines is 1. The first kappa shape index (κ1) is 21.9. The standard InChI is InChI=1S/C24H25BF2N2O2S2/c25-16-2-3-19-18(10-16)23(6-8-24(26,27)9-7-23)15-29(19)21(30)20-11-17(12-32-20)33(31)28-13-22(14-28)4-1-5-22/h2-3,10-12H,1,4-9,13-15H2. The highest BCUT2D eigenvalue weighted by Gasteiger charge is 2.51. The smallest absolute Gasteiger partial charge is 0.268 e. The lowest BCUT2D eigenvalue weighted by molar-refractivity contribution is -0.0499. The molecule has 172 valence electrons. The van der Waals surface area contributed by atoms with Crippen LogP contribution >= 0.6 is 11.3 Å². The van der Waals surface area contributed by atoms with Crippen molar-refractivity contribution in [2.75, 3.05) is 24.5 Å². The Labute approximate surface area is 200 Å². The van der Waals surface area contributed by atoms with Crippen molar-refractivity contribution in [2.45, 2.75) is 61.2 Å². The van der Waals surface area contributed by atoms with Crippen LogP contribution in [0.3, 0.4) is 0 Å². The van der Waals surface area contributed by atoms with Crippen molar-refractivity contribution in [2.24, 2.45) is 5.41 Å². The lowest BCUT2D eigenvalue weighted by Crippen LogP contribution is -2.59. The zero-order chi connectivity index (χ0) is 23.0. The summed E-state index contributed by atoms with van der Waals surface area (Å²) in [7, 11) is 4.79. The van der Waals surface area contributed by atoms with Crippen molar-refractivity contribution < 1.29 is 17.8 Å². The highest BCUT2D eigenvalue weighted by Crippen LogP contribution is 2.52. The maximum Gasteiger partial charge on any atom is 0.268 e. The highest BCUT2D eigenvalue weighted by molar-refractivity contribution is 7.82. The molecule has 1 saturated heterocycles. The topological polar surface area (TPSA) is 40.6 Å². The van der Waals surface area contributed by atoms with Crippen LogP contribution < -0.4 is 10.4 Å². The number of nitrogens with zero attached hydrogens (tertiary/aromatic N) is 2. The van der Waals surface area contributed by atoms with E-state index in [4.69, 9.17) is 7.85 Å². The predicted octanol–water partition coefficient (Wildman–Crippen LogP) is 4.16. The van der Waals surface area contributed by atoms with Crippen molar-refractivity contribution in [3.05, 3.63) is 40.1 Å². The average Bonchev–Trinajstić information content (AvgIpc) is 3.32. The molecule has 2 aliphatic carbocycles. The van der Waals surface area contributed by atoms with Crippen LogP contribution in [0.2, 0.25) is 0 Å². The fourth-order valence-electron chi connectivity index (χ4n) is 6.01. The summed E-state index contributed by atoms with van der Waals surface area (Å²) in [5, 5.41) is 1.81. The van der Waals surface area contributed by atoms with Crippen LogP contribution in [0, 0.1) is 5.41 Å². The molecule has 9 heteroatoms. The first-order chi connectivity index (χ1) is 15.7. The van der Waals surface area contributed by atoms with E-state index >= 15 is 0 Å². The normalized spacial score (nSPS) is 25.5. The van der Waals surface area contributed by atoms with Crippen LogP contribution in [0.15, 0.2) is 34.5 Å². The van der Waals surface area contributed by atoms with Gasteiger partial charge in [-0.05, 0) is 48.8 Å². The van der Waals surface area contributed by atoms with Crippen LogP contribution in [-0.4, -0.2) is 47.8 Å². The van der Waals surface area contributed by atoms with Gasteiger partial charge in [0, 0.05) is 49.0 Å². The van der Waals surface area contributed by atoms with E-state index in [1.807, 2.05) is 21.8 Å². The second kappa shape index (κ2) is 7.46. The monoisotopic (exact) mass is 486 g/mol. The van der Waals surface area contributed by atoms with Gasteiger partial charge in [0.25, 0.3) is 5.91 Å². The maximum atomic E-state index is 13.9. The summed E-state index contributed by atoms with van der Waals surface area (Å²) in [6.45, 7) is 2.12. The number of hydrogen-bond acceptors (Lipinski definition) is 3. The van der Waals surface area contributed by atoms with E-state index in [1.165, 1.54) is 30.6 Å². The number of alkyl halides is 2. The summed E-state index contributed by atoms with van der Waals surface area (Å²) in [6.07, 6.45) is 4.01. The summed E-state index contributed by atoms with van der Waals surface area (Å²) < 4.78 is 42.8. The van der Waals surface area contributed by atoms with E-state index in [9.17, 15) is 17.8 Å². The molecule has 0 bridgehead atoms. The Morgan fingerprint density at radius 2 is 1.76 bits per heavy atom. The third-order valence-electron chi connectivity index (χ3n) is 8.19. The Morgan fingerprint density at radius 3 is 2.42 bits per heavy atom. The Balaban J connectivity index is 1.24. The van der Waals surface area contributed by atoms with Crippen LogP contribution in [0.4, 0.5) is 14.5 Å². The number of hydrogen-bond donors (Lipinski definition) is 0. The molecule has 4 aliphatic rings. The molecule has 0 N–H and O–H groups in total. The third kappa shape index (κ3) is 3.53. The lowest BCUT2D eigenvalue weighted by atomic mass is 9.65. The van der Waals surface area contributed by atoms with Gasteiger partial charge in [0.2, 0.25) is 5.92 Å².